The molecule has 0 aliphatic heterocycles. The molecule has 3 heteroatoms. The van der Waals surface area contributed by atoms with E-state index < -0.39 is 11.7 Å². The smallest absolute Gasteiger partial charge is 0.0798 e. The van der Waals surface area contributed by atoms with Gasteiger partial charge in [0.25, 0.3) is 0 Å². The van der Waals surface area contributed by atoms with E-state index in [1.807, 2.05) is 13.8 Å². The molecule has 0 unspecified atom stereocenters. The second-order valence-electron chi connectivity index (χ2n) is 14.3. The van der Waals surface area contributed by atoms with Crippen molar-refractivity contribution in [2.24, 2.45) is 39.4 Å². The van der Waals surface area contributed by atoms with Gasteiger partial charge in [0.2, 0.25) is 0 Å². The molecule has 3 nitrogen and oxygen atoms in total. The van der Waals surface area contributed by atoms with Gasteiger partial charge < -0.3 is 15.3 Å². The number of aliphatic hydroxyl groups excluding tert-OH is 2. The summed E-state index contributed by atoms with van der Waals surface area (Å²) in [5.74, 6) is 1.70. The van der Waals surface area contributed by atoms with Crippen LogP contribution in [0.15, 0.2) is 23.3 Å². The Kier molecular flexibility index (Phi) is 6.57. The molecule has 194 valence electrons. The molecule has 34 heavy (non-hydrogen) atoms. The van der Waals surface area contributed by atoms with E-state index in [4.69, 9.17) is 0 Å². The maximum Gasteiger partial charge on any atom is 0.0798 e. The van der Waals surface area contributed by atoms with Gasteiger partial charge in [0.15, 0.2) is 0 Å². The molecule has 0 radical (unpaired) electrons. The highest BCUT2D eigenvalue weighted by Crippen LogP contribution is 2.72. The van der Waals surface area contributed by atoms with E-state index in [1.54, 1.807) is 11.1 Å². The summed E-state index contributed by atoms with van der Waals surface area (Å²) in [5, 5.41) is 31.5. The Labute approximate surface area is 209 Å². The monoisotopic (exact) mass is 472 g/mol. The standard InChI is InChI=1S/C31H52O3/c1-20(9-10-21(2)27(3,4)34)22-13-17-31(8)24-11-12-25-28(5,23(24)14-18-30(22,31)7)16-15-26(33)29(25,6)19-32/h20,22,25-26,32-34H,2,9-19H2,1,3-8H3/t20-,22-,25-,26+,28-,29+,30-,31+/m1/s1. The quantitative estimate of drug-likeness (QED) is 0.372. The van der Waals surface area contributed by atoms with E-state index in [1.165, 1.54) is 25.7 Å². The highest BCUT2D eigenvalue weighted by Gasteiger charge is 2.63. The molecule has 4 rings (SSSR count). The lowest BCUT2D eigenvalue weighted by atomic mass is 9.43. The molecule has 0 aromatic carbocycles. The topological polar surface area (TPSA) is 60.7 Å². The van der Waals surface area contributed by atoms with Gasteiger partial charge in [-0.1, -0.05) is 52.3 Å². The predicted molar refractivity (Wildman–Crippen MR) is 140 cm³/mol. The Morgan fingerprint density at radius 3 is 2.32 bits per heavy atom. The number of aliphatic hydroxyl groups is 3. The van der Waals surface area contributed by atoms with Crippen LogP contribution in [0, 0.1) is 39.4 Å². The number of hydrogen-bond donors (Lipinski definition) is 3. The SMILES string of the molecule is C=C(CC[C@@H](C)[C@H]1CC[C@@]2(C)C3=C(CC[C@]12C)[C@@]1(C)CC[C@H](O)[C@@](C)(CO)[C@@H]1CC3)C(C)(C)O. The fourth-order valence-corrected chi connectivity index (χ4v) is 9.58. The van der Waals surface area contributed by atoms with Crippen LogP contribution in [0.3, 0.4) is 0 Å². The van der Waals surface area contributed by atoms with Crippen molar-refractivity contribution >= 4 is 0 Å². The number of allylic oxidation sites excluding steroid dienone is 2. The number of rotatable bonds is 6. The van der Waals surface area contributed by atoms with Gasteiger partial charge in [-0.05, 0) is 118 Å². The number of fused-ring (bicyclic) bond motifs is 4. The molecule has 0 spiro atoms. The van der Waals surface area contributed by atoms with Gasteiger partial charge in [-0.3, -0.25) is 0 Å². The average Bonchev–Trinajstić information content (AvgIpc) is 3.05. The zero-order valence-electron chi connectivity index (χ0n) is 23.1. The second-order valence-corrected chi connectivity index (χ2v) is 14.3. The first kappa shape index (κ1) is 26.4. The zero-order chi connectivity index (χ0) is 25.3. The molecule has 4 aliphatic carbocycles. The molecule has 0 bridgehead atoms. The second kappa shape index (κ2) is 8.45. The van der Waals surface area contributed by atoms with Crippen LogP contribution >= 0.6 is 0 Å². The van der Waals surface area contributed by atoms with Crippen LogP contribution < -0.4 is 0 Å². The third-order valence-electron chi connectivity index (χ3n) is 12.4. The molecule has 0 heterocycles. The van der Waals surface area contributed by atoms with Crippen molar-refractivity contribution in [3.05, 3.63) is 23.3 Å². The van der Waals surface area contributed by atoms with Gasteiger partial charge in [-0.25, -0.2) is 0 Å². The summed E-state index contributed by atoms with van der Waals surface area (Å²) in [6, 6.07) is 0. The molecule has 0 aromatic heterocycles. The minimum Gasteiger partial charge on any atom is -0.396 e. The fourth-order valence-electron chi connectivity index (χ4n) is 9.58. The number of hydrogen-bond acceptors (Lipinski definition) is 3. The van der Waals surface area contributed by atoms with E-state index in [9.17, 15) is 15.3 Å². The Balaban J connectivity index is 1.62. The van der Waals surface area contributed by atoms with Crippen LogP contribution in [0.25, 0.3) is 0 Å². The molecule has 0 aromatic rings. The normalized spacial score (nSPS) is 45.4. The van der Waals surface area contributed by atoms with Gasteiger partial charge in [0, 0.05) is 5.41 Å². The van der Waals surface area contributed by atoms with E-state index in [2.05, 4.69) is 41.2 Å². The third-order valence-corrected chi connectivity index (χ3v) is 12.4. The van der Waals surface area contributed by atoms with Crippen molar-refractivity contribution in [1.29, 1.82) is 0 Å². The first-order valence-electron chi connectivity index (χ1n) is 14.1. The minimum absolute atomic E-state index is 0.0849. The highest BCUT2D eigenvalue weighted by atomic mass is 16.3. The summed E-state index contributed by atoms with van der Waals surface area (Å²) in [7, 11) is 0. The largest absolute Gasteiger partial charge is 0.396 e. The van der Waals surface area contributed by atoms with Crippen LogP contribution in [-0.2, 0) is 0 Å². The molecule has 8 atom stereocenters. The lowest BCUT2D eigenvalue weighted by molar-refractivity contribution is -0.128. The van der Waals surface area contributed by atoms with E-state index >= 15 is 0 Å². The molecule has 3 N–H and O–H groups in total. The Morgan fingerprint density at radius 1 is 1.03 bits per heavy atom. The van der Waals surface area contributed by atoms with Gasteiger partial charge in [-0.15, -0.1) is 0 Å². The van der Waals surface area contributed by atoms with Crippen molar-refractivity contribution in [3.63, 3.8) is 0 Å². The summed E-state index contributed by atoms with van der Waals surface area (Å²) in [5.41, 5.74) is 3.93. The van der Waals surface area contributed by atoms with Crippen LogP contribution in [0.1, 0.15) is 113 Å². The molecular weight excluding hydrogens is 420 g/mol. The van der Waals surface area contributed by atoms with Crippen molar-refractivity contribution in [1.82, 2.24) is 0 Å². The summed E-state index contributed by atoms with van der Waals surface area (Å²) in [6.07, 6.45) is 10.7. The van der Waals surface area contributed by atoms with Crippen LogP contribution in [0.5, 0.6) is 0 Å². The van der Waals surface area contributed by atoms with Gasteiger partial charge >= 0.3 is 0 Å². The first-order chi connectivity index (χ1) is 15.6. The molecular formula is C31H52O3. The van der Waals surface area contributed by atoms with Gasteiger partial charge in [-0.2, -0.15) is 0 Å². The van der Waals surface area contributed by atoms with E-state index in [0.717, 1.165) is 44.1 Å². The molecule has 2 saturated carbocycles. The molecule has 0 amide bonds. The first-order valence-corrected chi connectivity index (χ1v) is 14.1. The van der Waals surface area contributed by atoms with Crippen LogP contribution in [-0.4, -0.2) is 33.6 Å². The van der Waals surface area contributed by atoms with Crippen molar-refractivity contribution < 1.29 is 15.3 Å². The zero-order valence-corrected chi connectivity index (χ0v) is 23.1. The van der Waals surface area contributed by atoms with Crippen LogP contribution in [0.2, 0.25) is 0 Å². The van der Waals surface area contributed by atoms with Crippen molar-refractivity contribution in [2.75, 3.05) is 6.61 Å². The highest BCUT2D eigenvalue weighted by molar-refractivity contribution is 5.39. The molecule has 0 saturated heterocycles. The maximum absolute atomic E-state index is 10.9. The Hall–Kier alpha value is -0.640. The van der Waals surface area contributed by atoms with E-state index in [0.29, 0.717) is 23.2 Å². The Morgan fingerprint density at radius 2 is 1.71 bits per heavy atom. The minimum atomic E-state index is -0.789. The van der Waals surface area contributed by atoms with E-state index in [-0.39, 0.29) is 22.9 Å². The van der Waals surface area contributed by atoms with Gasteiger partial charge in [0.05, 0.1) is 18.3 Å². The maximum atomic E-state index is 10.9. The molecule has 4 aliphatic rings. The van der Waals surface area contributed by atoms with Gasteiger partial charge in [0.1, 0.15) is 0 Å². The van der Waals surface area contributed by atoms with Crippen molar-refractivity contribution in [3.8, 4) is 0 Å². The summed E-state index contributed by atoms with van der Waals surface area (Å²) >= 11 is 0. The fraction of sp³-hybridized carbons (Fsp3) is 0.871. The molecule has 2 fully saturated rings. The average molecular weight is 473 g/mol. The predicted octanol–water partition coefficient (Wildman–Crippen LogP) is 6.81. The summed E-state index contributed by atoms with van der Waals surface area (Å²) in [6.45, 7) is 20.2. The summed E-state index contributed by atoms with van der Waals surface area (Å²) < 4.78 is 0. The third kappa shape index (κ3) is 3.62. The lowest BCUT2D eigenvalue weighted by Gasteiger charge is -2.62. The van der Waals surface area contributed by atoms with Crippen LogP contribution in [0.4, 0.5) is 0 Å². The summed E-state index contributed by atoms with van der Waals surface area (Å²) in [4.78, 5) is 0. The van der Waals surface area contributed by atoms with Crippen molar-refractivity contribution in [2.45, 2.75) is 124 Å². The Bertz CT molecular complexity index is 851. The lowest BCUT2D eigenvalue weighted by Crippen LogP contribution is -2.57.